The molecule has 0 saturated heterocycles. The first-order chi connectivity index (χ1) is 10.2. The van der Waals surface area contributed by atoms with E-state index in [1.54, 1.807) is 7.11 Å². The van der Waals surface area contributed by atoms with Crippen molar-refractivity contribution in [2.24, 2.45) is 0 Å². The van der Waals surface area contributed by atoms with Crippen molar-refractivity contribution in [1.29, 1.82) is 0 Å². The Hall–Kier alpha value is -1.65. The monoisotopic (exact) mass is 364 g/mol. The number of aromatic amines is 1. The molecule has 3 rings (SSSR count). The molecule has 2 aromatic carbocycles. The van der Waals surface area contributed by atoms with E-state index in [4.69, 9.17) is 16.3 Å². The lowest BCUT2D eigenvalue weighted by molar-refractivity contribution is 0.416. The van der Waals surface area contributed by atoms with Gasteiger partial charge in [-0.2, -0.15) is 0 Å². The number of anilines is 1. The quantitative estimate of drug-likeness (QED) is 0.666. The fourth-order valence-corrected chi connectivity index (χ4v) is 2.85. The van der Waals surface area contributed by atoms with Crippen LogP contribution in [0.4, 0.5) is 5.69 Å². The molecule has 1 heterocycles. The fraction of sp³-hybridized carbons (Fsp3) is 0.125. The second kappa shape index (κ2) is 6.00. The maximum absolute atomic E-state index is 6.00. The summed E-state index contributed by atoms with van der Waals surface area (Å²) in [5.41, 5.74) is 3.18. The Labute approximate surface area is 136 Å². The molecule has 3 aromatic rings. The Morgan fingerprint density at radius 2 is 2.10 bits per heavy atom. The molecule has 0 amide bonds. The Morgan fingerprint density at radius 3 is 2.90 bits per heavy atom. The van der Waals surface area contributed by atoms with Crippen LogP contribution in [-0.4, -0.2) is 12.1 Å². The normalized spacial score (nSPS) is 10.8. The summed E-state index contributed by atoms with van der Waals surface area (Å²) in [6.45, 7) is 0.703. The highest BCUT2D eigenvalue weighted by atomic mass is 79.9. The van der Waals surface area contributed by atoms with E-state index < -0.39 is 0 Å². The predicted octanol–water partition coefficient (Wildman–Crippen LogP) is 5.20. The molecule has 0 radical (unpaired) electrons. The molecule has 2 N–H and O–H groups in total. The standard InChI is InChI=1S/C16H14BrClN2O/c1-21-16-5-2-11(17)6-15(16)20-9-10-8-19-14-7-12(18)3-4-13(10)14/h2-8,19-20H,9H2,1H3. The van der Waals surface area contributed by atoms with Crippen molar-refractivity contribution in [2.45, 2.75) is 6.54 Å². The maximum atomic E-state index is 6.00. The van der Waals surface area contributed by atoms with Crippen LogP contribution in [0.15, 0.2) is 47.1 Å². The van der Waals surface area contributed by atoms with Gasteiger partial charge >= 0.3 is 0 Å². The number of aromatic nitrogens is 1. The molecule has 0 spiro atoms. The molecule has 108 valence electrons. The molecule has 1 aromatic heterocycles. The number of halogens is 2. The van der Waals surface area contributed by atoms with E-state index in [0.29, 0.717) is 6.54 Å². The van der Waals surface area contributed by atoms with Gasteiger partial charge in [-0.25, -0.2) is 0 Å². The molecule has 0 aliphatic carbocycles. The molecule has 0 bridgehead atoms. The Bertz CT molecular complexity index is 785. The highest BCUT2D eigenvalue weighted by Gasteiger charge is 2.07. The van der Waals surface area contributed by atoms with Crippen LogP contribution in [-0.2, 0) is 6.54 Å². The van der Waals surface area contributed by atoms with E-state index in [2.05, 4.69) is 26.2 Å². The molecule has 0 atom stereocenters. The zero-order valence-corrected chi connectivity index (χ0v) is 13.8. The summed E-state index contributed by atoms with van der Waals surface area (Å²) in [7, 11) is 1.67. The first-order valence-corrected chi connectivity index (χ1v) is 7.67. The first-order valence-electron chi connectivity index (χ1n) is 6.50. The number of hydrogen-bond acceptors (Lipinski definition) is 2. The van der Waals surface area contributed by atoms with Gasteiger partial charge in [0.05, 0.1) is 12.8 Å². The van der Waals surface area contributed by atoms with Gasteiger partial charge in [0.2, 0.25) is 0 Å². The van der Waals surface area contributed by atoms with Crippen LogP contribution >= 0.6 is 27.5 Å². The Balaban J connectivity index is 1.85. The average molecular weight is 366 g/mol. The number of benzene rings is 2. The van der Waals surface area contributed by atoms with Crippen molar-refractivity contribution in [3.05, 3.63) is 57.7 Å². The van der Waals surface area contributed by atoms with Crippen LogP contribution in [0, 0.1) is 0 Å². The van der Waals surface area contributed by atoms with E-state index in [1.807, 2.05) is 42.6 Å². The van der Waals surface area contributed by atoms with Crippen molar-refractivity contribution in [3.8, 4) is 5.75 Å². The second-order valence-electron chi connectivity index (χ2n) is 4.70. The van der Waals surface area contributed by atoms with Crippen LogP contribution < -0.4 is 10.1 Å². The van der Waals surface area contributed by atoms with Gasteiger partial charge in [-0.05, 0) is 35.9 Å². The third kappa shape index (κ3) is 3.01. The van der Waals surface area contributed by atoms with Gasteiger partial charge in [0.25, 0.3) is 0 Å². The number of rotatable bonds is 4. The second-order valence-corrected chi connectivity index (χ2v) is 6.05. The third-order valence-electron chi connectivity index (χ3n) is 3.36. The fourth-order valence-electron chi connectivity index (χ4n) is 2.31. The molecule has 3 nitrogen and oxygen atoms in total. The summed E-state index contributed by atoms with van der Waals surface area (Å²) >= 11 is 9.48. The van der Waals surface area contributed by atoms with E-state index in [9.17, 15) is 0 Å². The van der Waals surface area contributed by atoms with Crippen molar-refractivity contribution < 1.29 is 4.74 Å². The van der Waals surface area contributed by atoms with Crippen molar-refractivity contribution in [2.75, 3.05) is 12.4 Å². The van der Waals surface area contributed by atoms with E-state index in [-0.39, 0.29) is 0 Å². The summed E-state index contributed by atoms with van der Waals surface area (Å²) in [6, 6.07) is 11.8. The molecule has 5 heteroatoms. The van der Waals surface area contributed by atoms with Crippen LogP contribution in [0.25, 0.3) is 10.9 Å². The SMILES string of the molecule is COc1ccc(Br)cc1NCc1c[nH]c2cc(Cl)ccc12. The van der Waals surface area contributed by atoms with Gasteiger partial charge in [0.1, 0.15) is 5.75 Å². The van der Waals surface area contributed by atoms with Crippen LogP contribution in [0.5, 0.6) is 5.75 Å². The third-order valence-corrected chi connectivity index (χ3v) is 4.09. The van der Waals surface area contributed by atoms with Crippen molar-refractivity contribution in [1.82, 2.24) is 4.98 Å². The van der Waals surface area contributed by atoms with Crippen LogP contribution in [0.2, 0.25) is 5.02 Å². The number of H-pyrrole nitrogens is 1. The van der Waals surface area contributed by atoms with Crippen LogP contribution in [0.1, 0.15) is 5.56 Å². The van der Waals surface area contributed by atoms with E-state index in [0.717, 1.165) is 26.4 Å². The molecule has 0 unspecified atom stereocenters. The Morgan fingerprint density at radius 1 is 1.24 bits per heavy atom. The van der Waals surface area contributed by atoms with E-state index in [1.165, 1.54) is 10.9 Å². The smallest absolute Gasteiger partial charge is 0.142 e. The molecular weight excluding hydrogens is 352 g/mol. The number of ether oxygens (including phenoxy) is 1. The highest BCUT2D eigenvalue weighted by molar-refractivity contribution is 9.10. The Kier molecular flexibility index (Phi) is 4.08. The van der Waals surface area contributed by atoms with Gasteiger partial charge in [-0.1, -0.05) is 33.6 Å². The number of nitrogens with one attached hydrogen (secondary N) is 2. The molecule has 0 saturated carbocycles. The van der Waals surface area contributed by atoms with Gasteiger partial charge in [-0.15, -0.1) is 0 Å². The summed E-state index contributed by atoms with van der Waals surface area (Å²) in [5.74, 6) is 0.820. The highest BCUT2D eigenvalue weighted by Crippen LogP contribution is 2.29. The maximum Gasteiger partial charge on any atom is 0.142 e. The molecule has 21 heavy (non-hydrogen) atoms. The van der Waals surface area contributed by atoms with Crippen molar-refractivity contribution in [3.63, 3.8) is 0 Å². The number of methoxy groups -OCH3 is 1. The zero-order chi connectivity index (χ0) is 14.8. The molecule has 0 aliphatic rings. The molecule has 0 fully saturated rings. The lowest BCUT2D eigenvalue weighted by Crippen LogP contribution is -2.00. The number of hydrogen-bond donors (Lipinski definition) is 2. The summed E-state index contributed by atoms with van der Waals surface area (Å²) in [6.07, 6.45) is 2.00. The minimum absolute atomic E-state index is 0.703. The minimum atomic E-state index is 0.703. The average Bonchev–Trinajstić information content (AvgIpc) is 2.87. The summed E-state index contributed by atoms with van der Waals surface area (Å²) < 4.78 is 6.38. The minimum Gasteiger partial charge on any atom is -0.495 e. The van der Waals surface area contributed by atoms with Gasteiger partial charge < -0.3 is 15.0 Å². The van der Waals surface area contributed by atoms with Crippen molar-refractivity contribution >= 4 is 44.1 Å². The lowest BCUT2D eigenvalue weighted by Gasteiger charge is -2.11. The number of fused-ring (bicyclic) bond motifs is 1. The molecular formula is C16H14BrClN2O. The molecule has 0 aliphatic heterocycles. The van der Waals surface area contributed by atoms with Crippen LogP contribution in [0.3, 0.4) is 0 Å². The van der Waals surface area contributed by atoms with Gasteiger partial charge in [-0.3, -0.25) is 0 Å². The van der Waals surface area contributed by atoms with Gasteiger partial charge in [0, 0.05) is 33.1 Å². The zero-order valence-electron chi connectivity index (χ0n) is 11.4. The first kappa shape index (κ1) is 14.3. The van der Waals surface area contributed by atoms with Gasteiger partial charge in [0.15, 0.2) is 0 Å². The predicted molar refractivity (Wildman–Crippen MR) is 91.3 cm³/mol. The topological polar surface area (TPSA) is 37.0 Å². The summed E-state index contributed by atoms with van der Waals surface area (Å²) in [5, 5.41) is 5.31. The van der Waals surface area contributed by atoms with E-state index >= 15 is 0 Å². The summed E-state index contributed by atoms with van der Waals surface area (Å²) in [4.78, 5) is 3.24. The largest absolute Gasteiger partial charge is 0.495 e. The lowest BCUT2D eigenvalue weighted by atomic mass is 10.1.